The number of pyridine rings is 1. The zero-order valence-corrected chi connectivity index (χ0v) is 9.34. The number of hydrogen-bond donors (Lipinski definition) is 3. The first kappa shape index (κ1) is 11.8. The second-order valence-corrected chi connectivity index (χ2v) is 3.76. The number of aromatic hydroxyl groups is 1. The Labute approximate surface area is 101 Å². The molecule has 1 heterocycles. The largest absolute Gasteiger partial charge is 0.506 e. The number of carboxylic acids is 2. The number of nitrogens with zero attached hydrogens (tertiary/aromatic N) is 1. The fourth-order valence-corrected chi connectivity index (χ4v) is 1.82. The van der Waals surface area contributed by atoms with Crippen LogP contribution in [0.25, 0.3) is 10.9 Å². The van der Waals surface area contributed by atoms with Gasteiger partial charge in [-0.05, 0) is 18.6 Å². The van der Waals surface area contributed by atoms with Crippen molar-refractivity contribution in [3.8, 4) is 5.75 Å². The number of aryl methyl sites for hydroxylation is 1. The van der Waals surface area contributed by atoms with Crippen LogP contribution in [0, 0.1) is 6.92 Å². The highest BCUT2D eigenvalue weighted by Gasteiger charge is 2.25. The number of hydrogen-bond acceptors (Lipinski definition) is 4. The molecule has 92 valence electrons. The summed E-state index contributed by atoms with van der Waals surface area (Å²) in [7, 11) is 0. The van der Waals surface area contributed by atoms with E-state index in [2.05, 4.69) is 4.98 Å². The molecule has 2 aromatic rings. The van der Waals surface area contributed by atoms with Crippen LogP contribution in [0.15, 0.2) is 18.2 Å². The number of rotatable bonds is 2. The van der Waals surface area contributed by atoms with Crippen LogP contribution >= 0.6 is 0 Å². The van der Waals surface area contributed by atoms with Crippen LogP contribution < -0.4 is 0 Å². The molecular weight excluding hydrogens is 238 g/mol. The molecule has 0 aliphatic carbocycles. The van der Waals surface area contributed by atoms with Crippen molar-refractivity contribution in [3.63, 3.8) is 0 Å². The molecule has 2 rings (SSSR count). The van der Waals surface area contributed by atoms with Crippen molar-refractivity contribution in [2.75, 3.05) is 0 Å². The van der Waals surface area contributed by atoms with Crippen LogP contribution in [0.2, 0.25) is 0 Å². The van der Waals surface area contributed by atoms with Gasteiger partial charge in [0.2, 0.25) is 0 Å². The third-order valence-electron chi connectivity index (χ3n) is 2.61. The first-order valence-corrected chi connectivity index (χ1v) is 5.02. The second-order valence-electron chi connectivity index (χ2n) is 3.76. The summed E-state index contributed by atoms with van der Waals surface area (Å²) in [5.74, 6) is -3.59. The fraction of sp³-hybridized carbons (Fsp3) is 0.0833. The molecule has 1 aromatic carbocycles. The molecule has 0 atom stereocenters. The lowest BCUT2D eigenvalue weighted by atomic mass is 10.0. The summed E-state index contributed by atoms with van der Waals surface area (Å²) < 4.78 is 0. The van der Waals surface area contributed by atoms with Crippen molar-refractivity contribution in [1.82, 2.24) is 4.98 Å². The van der Waals surface area contributed by atoms with E-state index in [0.717, 1.165) is 0 Å². The Balaban J connectivity index is 3.00. The Bertz CT molecular complexity index is 678. The average molecular weight is 247 g/mol. The summed E-state index contributed by atoms with van der Waals surface area (Å²) in [6, 6.07) is 4.84. The monoisotopic (exact) mass is 247 g/mol. The lowest BCUT2D eigenvalue weighted by Gasteiger charge is -2.09. The van der Waals surface area contributed by atoms with Gasteiger partial charge in [0, 0.05) is 5.39 Å². The van der Waals surface area contributed by atoms with Crippen LogP contribution in [0.1, 0.15) is 26.4 Å². The average Bonchev–Trinajstić information content (AvgIpc) is 2.27. The third-order valence-corrected chi connectivity index (χ3v) is 2.61. The maximum atomic E-state index is 11.0. The molecule has 0 spiro atoms. The molecule has 18 heavy (non-hydrogen) atoms. The van der Waals surface area contributed by atoms with Crippen molar-refractivity contribution in [3.05, 3.63) is 35.0 Å². The molecular formula is C12H9NO5. The highest BCUT2D eigenvalue weighted by molar-refractivity contribution is 6.07. The summed E-state index contributed by atoms with van der Waals surface area (Å²) in [5, 5.41) is 28.1. The molecule has 0 amide bonds. The third kappa shape index (κ3) is 1.64. The van der Waals surface area contributed by atoms with Gasteiger partial charge in [0.25, 0.3) is 0 Å². The minimum Gasteiger partial charge on any atom is -0.506 e. The molecule has 0 fully saturated rings. The molecule has 0 aliphatic rings. The molecule has 6 nitrogen and oxygen atoms in total. The number of aromatic nitrogens is 1. The van der Waals surface area contributed by atoms with Crippen LogP contribution in [-0.2, 0) is 0 Å². The Morgan fingerprint density at radius 1 is 1.17 bits per heavy atom. The van der Waals surface area contributed by atoms with Crippen LogP contribution in [-0.4, -0.2) is 32.2 Å². The molecule has 0 radical (unpaired) electrons. The maximum Gasteiger partial charge on any atom is 0.355 e. The quantitative estimate of drug-likeness (QED) is 0.744. The normalized spacial score (nSPS) is 10.5. The highest BCUT2D eigenvalue weighted by Crippen LogP contribution is 2.32. The summed E-state index contributed by atoms with van der Waals surface area (Å²) in [6.07, 6.45) is 0. The smallest absolute Gasteiger partial charge is 0.355 e. The SMILES string of the molecule is Cc1cccc2nc(C(=O)O)c(C(=O)O)c(O)c12. The van der Waals surface area contributed by atoms with E-state index in [0.29, 0.717) is 5.56 Å². The van der Waals surface area contributed by atoms with Crippen LogP contribution in [0.5, 0.6) is 5.75 Å². The van der Waals surface area contributed by atoms with Gasteiger partial charge in [-0.15, -0.1) is 0 Å². The molecule has 0 unspecified atom stereocenters. The van der Waals surface area contributed by atoms with Crippen LogP contribution in [0.4, 0.5) is 0 Å². The van der Waals surface area contributed by atoms with Crippen molar-refractivity contribution in [2.24, 2.45) is 0 Å². The minimum atomic E-state index is -1.53. The van der Waals surface area contributed by atoms with Crippen molar-refractivity contribution >= 4 is 22.8 Å². The Morgan fingerprint density at radius 3 is 2.39 bits per heavy atom. The fourth-order valence-electron chi connectivity index (χ4n) is 1.82. The van der Waals surface area contributed by atoms with E-state index in [1.165, 1.54) is 6.07 Å². The van der Waals surface area contributed by atoms with Gasteiger partial charge in [-0.3, -0.25) is 0 Å². The minimum absolute atomic E-state index is 0.245. The summed E-state index contributed by atoms with van der Waals surface area (Å²) >= 11 is 0. The summed E-state index contributed by atoms with van der Waals surface area (Å²) in [4.78, 5) is 25.8. The topological polar surface area (TPSA) is 108 Å². The van der Waals surface area contributed by atoms with Gasteiger partial charge in [-0.2, -0.15) is 0 Å². The molecule has 0 bridgehead atoms. The van der Waals surface area contributed by atoms with Gasteiger partial charge in [0.1, 0.15) is 11.3 Å². The van der Waals surface area contributed by atoms with Gasteiger partial charge in [-0.25, -0.2) is 14.6 Å². The molecule has 1 aromatic heterocycles. The predicted molar refractivity (Wildman–Crippen MR) is 62.1 cm³/mol. The lowest BCUT2D eigenvalue weighted by molar-refractivity contribution is 0.0644. The van der Waals surface area contributed by atoms with Crippen LogP contribution in [0.3, 0.4) is 0 Å². The zero-order chi connectivity index (χ0) is 13.4. The highest BCUT2D eigenvalue weighted by atomic mass is 16.4. The number of carboxylic acid groups (broad SMARTS) is 2. The summed E-state index contributed by atoms with van der Waals surface area (Å²) in [6.45, 7) is 1.68. The molecule has 0 saturated heterocycles. The molecule has 3 N–H and O–H groups in total. The van der Waals surface area contributed by atoms with E-state index in [-0.39, 0.29) is 10.9 Å². The Kier molecular flexibility index (Phi) is 2.63. The van der Waals surface area contributed by atoms with E-state index in [9.17, 15) is 14.7 Å². The number of fused-ring (bicyclic) bond motifs is 1. The zero-order valence-electron chi connectivity index (χ0n) is 9.34. The first-order valence-electron chi connectivity index (χ1n) is 5.02. The van der Waals surface area contributed by atoms with E-state index in [1.807, 2.05) is 0 Å². The van der Waals surface area contributed by atoms with Crippen molar-refractivity contribution in [2.45, 2.75) is 6.92 Å². The first-order chi connectivity index (χ1) is 8.43. The van der Waals surface area contributed by atoms with E-state index >= 15 is 0 Å². The van der Waals surface area contributed by atoms with E-state index in [1.54, 1.807) is 19.1 Å². The second kappa shape index (κ2) is 3.99. The maximum absolute atomic E-state index is 11.0. The van der Waals surface area contributed by atoms with E-state index < -0.39 is 28.9 Å². The van der Waals surface area contributed by atoms with Crippen molar-refractivity contribution in [1.29, 1.82) is 0 Å². The Hall–Kier alpha value is -2.63. The van der Waals surface area contributed by atoms with Gasteiger partial charge >= 0.3 is 11.9 Å². The Morgan fingerprint density at radius 2 is 1.83 bits per heavy atom. The molecule has 0 saturated carbocycles. The predicted octanol–water partition coefficient (Wildman–Crippen LogP) is 1.65. The van der Waals surface area contributed by atoms with Gasteiger partial charge < -0.3 is 15.3 Å². The number of aromatic carboxylic acids is 2. The summed E-state index contributed by atoms with van der Waals surface area (Å²) in [5.41, 5.74) is -0.491. The van der Waals surface area contributed by atoms with E-state index in [4.69, 9.17) is 10.2 Å². The van der Waals surface area contributed by atoms with Crippen molar-refractivity contribution < 1.29 is 24.9 Å². The van der Waals surface area contributed by atoms with Gasteiger partial charge in [-0.1, -0.05) is 12.1 Å². The standard InChI is InChI=1S/C12H9NO5/c1-5-3-2-4-6-7(5)10(14)8(11(15)16)9(13-6)12(17)18/h2-4H,1H3,(H,13,14)(H,15,16)(H,17,18). The lowest BCUT2D eigenvalue weighted by Crippen LogP contribution is -2.11. The van der Waals surface area contributed by atoms with Gasteiger partial charge in [0.15, 0.2) is 5.69 Å². The number of carbonyl (C=O) groups is 2. The number of benzene rings is 1. The molecule has 6 heteroatoms. The van der Waals surface area contributed by atoms with Gasteiger partial charge in [0.05, 0.1) is 5.52 Å². The molecule has 0 aliphatic heterocycles.